The highest BCUT2D eigenvalue weighted by molar-refractivity contribution is 9.10. The van der Waals surface area contributed by atoms with E-state index in [1.54, 1.807) is 13.0 Å². The van der Waals surface area contributed by atoms with E-state index in [9.17, 15) is 4.39 Å². The minimum atomic E-state index is -0.353. The third-order valence-electron chi connectivity index (χ3n) is 2.06. The van der Waals surface area contributed by atoms with Gasteiger partial charge in [0.2, 0.25) is 11.7 Å². The van der Waals surface area contributed by atoms with Crippen molar-refractivity contribution in [2.75, 3.05) is 0 Å². The Morgan fingerprint density at radius 1 is 1.50 bits per heavy atom. The molecule has 84 valence electrons. The first-order chi connectivity index (χ1) is 7.61. The molecular formula is C10H9BrFN3O. The van der Waals surface area contributed by atoms with Crippen molar-refractivity contribution in [2.24, 2.45) is 5.73 Å². The van der Waals surface area contributed by atoms with Crippen molar-refractivity contribution in [3.8, 4) is 11.4 Å². The van der Waals surface area contributed by atoms with Crippen LogP contribution in [0.2, 0.25) is 0 Å². The molecule has 2 aromatic rings. The van der Waals surface area contributed by atoms with E-state index in [2.05, 4.69) is 26.1 Å². The number of aryl methyl sites for hydroxylation is 1. The Balaban J connectivity index is 2.54. The van der Waals surface area contributed by atoms with Crippen molar-refractivity contribution in [3.05, 3.63) is 33.9 Å². The highest BCUT2D eigenvalue weighted by Crippen LogP contribution is 2.29. The lowest BCUT2D eigenvalue weighted by molar-refractivity contribution is 0.380. The number of benzene rings is 1. The average molecular weight is 286 g/mol. The normalized spacial score (nSPS) is 10.8. The van der Waals surface area contributed by atoms with Gasteiger partial charge >= 0.3 is 0 Å². The summed E-state index contributed by atoms with van der Waals surface area (Å²) in [6, 6.07) is 3.20. The van der Waals surface area contributed by atoms with Crippen molar-refractivity contribution in [3.63, 3.8) is 0 Å². The monoisotopic (exact) mass is 285 g/mol. The molecule has 0 unspecified atom stereocenters. The van der Waals surface area contributed by atoms with Gasteiger partial charge in [-0.2, -0.15) is 4.98 Å². The number of aromatic nitrogens is 2. The van der Waals surface area contributed by atoms with E-state index in [-0.39, 0.29) is 12.4 Å². The molecule has 0 spiro atoms. The van der Waals surface area contributed by atoms with E-state index in [1.807, 2.05) is 0 Å². The quantitative estimate of drug-likeness (QED) is 0.920. The molecule has 0 bridgehead atoms. The van der Waals surface area contributed by atoms with E-state index < -0.39 is 0 Å². The van der Waals surface area contributed by atoms with Crippen molar-refractivity contribution >= 4 is 15.9 Å². The highest BCUT2D eigenvalue weighted by atomic mass is 79.9. The van der Waals surface area contributed by atoms with Crippen LogP contribution in [-0.4, -0.2) is 10.1 Å². The Morgan fingerprint density at radius 3 is 2.88 bits per heavy atom. The van der Waals surface area contributed by atoms with Crippen molar-refractivity contribution in [1.29, 1.82) is 0 Å². The Morgan fingerprint density at radius 2 is 2.25 bits per heavy atom. The van der Waals surface area contributed by atoms with E-state index in [4.69, 9.17) is 10.3 Å². The number of hydrogen-bond acceptors (Lipinski definition) is 4. The zero-order valence-electron chi connectivity index (χ0n) is 8.50. The van der Waals surface area contributed by atoms with Gasteiger partial charge in [-0.25, -0.2) is 4.39 Å². The van der Waals surface area contributed by atoms with Gasteiger partial charge in [0, 0.05) is 5.56 Å². The van der Waals surface area contributed by atoms with Gasteiger partial charge in [-0.3, -0.25) is 0 Å². The molecule has 1 heterocycles. The zero-order chi connectivity index (χ0) is 11.7. The summed E-state index contributed by atoms with van der Waals surface area (Å²) >= 11 is 3.15. The minimum absolute atomic E-state index is 0.166. The second kappa shape index (κ2) is 4.31. The molecule has 16 heavy (non-hydrogen) atoms. The first-order valence-corrected chi connectivity index (χ1v) is 5.39. The van der Waals surface area contributed by atoms with Crippen molar-refractivity contribution in [2.45, 2.75) is 13.5 Å². The van der Waals surface area contributed by atoms with E-state index >= 15 is 0 Å². The standard InChI is InChI=1S/C10H9BrFN3O/c1-5-2-6(9(11)7(12)3-5)10-14-8(4-13)16-15-10/h2-3H,4,13H2,1H3. The topological polar surface area (TPSA) is 64.9 Å². The van der Waals surface area contributed by atoms with E-state index in [0.29, 0.717) is 21.8 Å². The van der Waals surface area contributed by atoms with Gasteiger partial charge in [-0.1, -0.05) is 5.16 Å². The molecule has 0 radical (unpaired) electrons. The predicted molar refractivity (Wildman–Crippen MR) is 60.0 cm³/mol. The number of nitrogens with zero attached hydrogens (tertiary/aromatic N) is 2. The summed E-state index contributed by atoms with van der Waals surface area (Å²) in [6.45, 7) is 1.96. The summed E-state index contributed by atoms with van der Waals surface area (Å²) in [4.78, 5) is 4.04. The van der Waals surface area contributed by atoms with Gasteiger partial charge in [-0.15, -0.1) is 0 Å². The molecule has 0 aliphatic carbocycles. The van der Waals surface area contributed by atoms with Crippen LogP contribution in [0.4, 0.5) is 4.39 Å². The molecule has 1 aromatic carbocycles. The molecule has 0 fully saturated rings. The maximum Gasteiger partial charge on any atom is 0.240 e. The number of nitrogens with two attached hydrogens (primary N) is 1. The second-order valence-corrected chi connectivity index (χ2v) is 4.12. The van der Waals surface area contributed by atoms with Crippen LogP contribution < -0.4 is 5.73 Å². The van der Waals surface area contributed by atoms with Crippen LogP contribution in [0.25, 0.3) is 11.4 Å². The molecule has 0 saturated carbocycles. The van der Waals surface area contributed by atoms with Gasteiger partial charge in [0.05, 0.1) is 11.0 Å². The first-order valence-electron chi connectivity index (χ1n) is 4.60. The summed E-state index contributed by atoms with van der Waals surface area (Å²) in [5.41, 5.74) is 6.70. The lowest BCUT2D eigenvalue weighted by Gasteiger charge is -2.02. The Labute approximate surface area is 99.8 Å². The lowest BCUT2D eigenvalue weighted by Crippen LogP contribution is -1.96. The molecule has 0 saturated heterocycles. The number of halogens is 2. The molecule has 2 rings (SSSR count). The summed E-state index contributed by atoms with van der Waals surface area (Å²) < 4.78 is 18.7. The zero-order valence-corrected chi connectivity index (χ0v) is 10.1. The lowest BCUT2D eigenvalue weighted by atomic mass is 10.1. The largest absolute Gasteiger partial charge is 0.338 e. The molecule has 0 amide bonds. The summed E-state index contributed by atoms with van der Waals surface area (Å²) in [5, 5.41) is 3.74. The molecule has 2 N–H and O–H groups in total. The van der Waals surface area contributed by atoms with Gasteiger partial charge in [-0.05, 0) is 40.5 Å². The first kappa shape index (κ1) is 11.2. The van der Waals surface area contributed by atoms with Gasteiger partial charge in [0.15, 0.2) is 0 Å². The van der Waals surface area contributed by atoms with E-state index in [0.717, 1.165) is 5.56 Å². The maximum absolute atomic E-state index is 13.5. The summed E-state index contributed by atoms with van der Waals surface area (Å²) in [6.07, 6.45) is 0. The fraction of sp³-hybridized carbons (Fsp3) is 0.200. The smallest absolute Gasteiger partial charge is 0.240 e. The third-order valence-corrected chi connectivity index (χ3v) is 2.86. The Hall–Kier alpha value is -1.27. The van der Waals surface area contributed by atoms with Crippen molar-refractivity contribution in [1.82, 2.24) is 10.1 Å². The highest BCUT2D eigenvalue weighted by Gasteiger charge is 2.14. The Kier molecular flexibility index (Phi) is 3.02. The van der Waals surface area contributed by atoms with Gasteiger partial charge in [0.25, 0.3) is 0 Å². The number of rotatable bonds is 2. The van der Waals surface area contributed by atoms with Crippen LogP contribution in [-0.2, 0) is 6.54 Å². The summed E-state index contributed by atoms with van der Waals surface area (Å²) in [7, 11) is 0. The molecular weight excluding hydrogens is 277 g/mol. The minimum Gasteiger partial charge on any atom is -0.338 e. The fourth-order valence-electron chi connectivity index (χ4n) is 1.33. The SMILES string of the molecule is Cc1cc(F)c(Br)c(-c2noc(CN)n2)c1. The molecule has 6 heteroatoms. The predicted octanol–water partition coefficient (Wildman–Crippen LogP) is 2.41. The van der Waals surface area contributed by atoms with Crippen LogP contribution in [0.3, 0.4) is 0 Å². The van der Waals surface area contributed by atoms with Crippen LogP contribution in [0.5, 0.6) is 0 Å². The van der Waals surface area contributed by atoms with Gasteiger partial charge < -0.3 is 10.3 Å². The van der Waals surface area contributed by atoms with E-state index in [1.165, 1.54) is 6.07 Å². The molecule has 4 nitrogen and oxygen atoms in total. The summed E-state index contributed by atoms with van der Waals surface area (Å²) in [5.74, 6) is 0.299. The van der Waals surface area contributed by atoms with Crippen LogP contribution >= 0.6 is 15.9 Å². The average Bonchev–Trinajstić information content (AvgIpc) is 2.71. The molecule has 0 atom stereocenters. The Bertz CT molecular complexity index is 527. The van der Waals surface area contributed by atoms with Crippen LogP contribution in [0.15, 0.2) is 21.1 Å². The maximum atomic E-state index is 13.5. The fourth-order valence-corrected chi connectivity index (χ4v) is 1.74. The molecule has 1 aromatic heterocycles. The van der Waals surface area contributed by atoms with Crippen LogP contribution in [0.1, 0.15) is 11.5 Å². The van der Waals surface area contributed by atoms with Gasteiger partial charge in [0.1, 0.15) is 5.82 Å². The number of hydrogen-bond donors (Lipinski definition) is 1. The van der Waals surface area contributed by atoms with Crippen molar-refractivity contribution < 1.29 is 8.91 Å². The second-order valence-electron chi connectivity index (χ2n) is 3.32. The molecule has 0 aliphatic heterocycles. The molecule has 0 aliphatic rings. The third kappa shape index (κ3) is 1.98. The van der Waals surface area contributed by atoms with Crippen LogP contribution in [0, 0.1) is 12.7 Å².